The van der Waals surface area contributed by atoms with E-state index in [-0.39, 0.29) is 18.1 Å². The minimum Gasteiger partial charge on any atom is -0.459 e. The molecule has 0 aromatic rings. The van der Waals surface area contributed by atoms with Gasteiger partial charge in [0.2, 0.25) is 0 Å². The smallest absolute Gasteiger partial charge is 0.332 e. The predicted molar refractivity (Wildman–Crippen MR) is 55.1 cm³/mol. The third-order valence-corrected chi connectivity index (χ3v) is 1.89. The highest BCUT2D eigenvalue weighted by atomic mass is 16.5. The second-order valence-electron chi connectivity index (χ2n) is 2.90. The van der Waals surface area contributed by atoms with Gasteiger partial charge in [-0.3, -0.25) is 4.79 Å². The summed E-state index contributed by atoms with van der Waals surface area (Å²) >= 11 is 0. The molecule has 0 spiro atoms. The van der Waals surface area contributed by atoms with Crippen LogP contribution >= 0.6 is 0 Å². The molecule has 0 aromatic carbocycles. The summed E-state index contributed by atoms with van der Waals surface area (Å²) in [6.07, 6.45) is 0. The van der Waals surface area contributed by atoms with Crippen molar-refractivity contribution in [2.75, 3.05) is 26.3 Å². The van der Waals surface area contributed by atoms with Crippen LogP contribution in [-0.2, 0) is 14.3 Å². The highest BCUT2D eigenvalue weighted by Gasteiger charge is 2.14. The molecule has 0 saturated heterocycles. The first-order valence-electron chi connectivity index (χ1n) is 4.80. The van der Waals surface area contributed by atoms with E-state index in [0.29, 0.717) is 13.1 Å². The topological polar surface area (TPSA) is 66.8 Å². The summed E-state index contributed by atoms with van der Waals surface area (Å²) in [5.74, 6) is -0.991. The Morgan fingerprint density at radius 2 is 1.87 bits per heavy atom. The number of aliphatic hydroxyl groups is 1. The van der Waals surface area contributed by atoms with Crippen LogP contribution in [0.25, 0.3) is 0 Å². The Morgan fingerprint density at radius 1 is 1.33 bits per heavy atom. The van der Waals surface area contributed by atoms with Crippen LogP contribution in [0.4, 0.5) is 0 Å². The SMILES string of the molecule is C=C(COC(=O)CO)C(=O)N(CC)CC. The Balaban J connectivity index is 4.09. The molecule has 0 aliphatic heterocycles. The molecule has 5 nitrogen and oxygen atoms in total. The lowest BCUT2D eigenvalue weighted by atomic mass is 10.2. The number of nitrogens with zero attached hydrogens (tertiary/aromatic N) is 1. The van der Waals surface area contributed by atoms with Gasteiger partial charge in [0.15, 0.2) is 0 Å². The number of hydrogen-bond acceptors (Lipinski definition) is 4. The number of rotatable bonds is 6. The zero-order valence-corrected chi connectivity index (χ0v) is 9.15. The first-order chi connectivity index (χ1) is 7.06. The van der Waals surface area contributed by atoms with Gasteiger partial charge in [0.05, 0.1) is 0 Å². The lowest BCUT2D eigenvalue weighted by molar-refractivity contribution is -0.146. The number of aliphatic hydroxyl groups excluding tert-OH is 1. The van der Waals surface area contributed by atoms with Gasteiger partial charge in [-0.15, -0.1) is 0 Å². The molecule has 0 aliphatic carbocycles. The first kappa shape index (κ1) is 13.6. The van der Waals surface area contributed by atoms with E-state index >= 15 is 0 Å². The molecule has 0 aromatic heterocycles. The van der Waals surface area contributed by atoms with Gasteiger partial charge in [-0.1, -0.05) is 6.58 Å². The summed E-state index contributed by atoms with van der Waals surface area (Å²) in [7, 11) is 0. The highest BCUT2D eigenvalue weighted by molar-refractivity contribution is 5.93. The third-order valence-electron chi connectivity index (χ3n) is 1.89. The largest absolute Gasteiger partial charge is 0.459 e. The number of ether oxygens (including phenoxy) is 1. The van der Waals surface area contributed by atoms with Crippen LogP contribution in [0.2, 0.25) is 0 Å². The molecule has 0 radical (unpaired) electrons. The van der Waals surface area contributed by atoms with Gasteiger partial charge in [0.25, 0.3) is 5.91 Å². The van der Waals surface area contributed by atoms with E-state index in [9.17, 15) is 9.59 Å². The molecular formula is C10H17NO4. The standard InChI is InChI=1S/C10H17NO4/c1-4-11(5-2)10(14)8(3)7-15-9(13)6-12/h12H,3-7H2,1-2H3. The highest BCUT2D eigenvalue weighted by Crippen LogP contribution is 2.00. The average Bonchev–Trinajstić information content (AvgIpc) is 2.26. The van der Waals surface area contributed by atoms with E-state index in [1.54, 1.807) is 4.90 Å². The van der Waals surface area contributed by atoms with E-state index in [1.165, 1.54) is 0 Å². The van der Waals surface area contributed by atoms with Crippen LogP contribution in [0.15, 0.2) is 12.2 Å². The fraction of sp³-hybridized carbons (Fsp3) is 0.600. The van der Waals surface area contributed by atoms with Gasteiger partial charge in [-0.05, 0) is 13.8 Å². The molecule has 0 aliphatic rings. The fourth-order valence-corrected chi connectivity index (χ4v) is 1.01. The van der Waals surface area contributed by atoms with Crippen molar-refractivity contribution >= 4 is 11.9 Å². The Hall–Kier alpha value is -1.36. The van der Waals surface area contributed by atoms with Crippen LogP contribution in [0.3, 0.4) is 0 Å². The molecule has 0 bridgehead atoms. The second kappa shape index (κ2) is 7.00. The molecular weight excluding hydrogens is 198 g/mol. The molecule has 0 atom stereocenters. The van der Waals surface area contributed by atoms with E-state index in [2.05, 4.69) is 11.3 Å². The van der Waals surface area contributed by atoms with Crippen LogP contribution in [0.1, 0.15) is 13.8 Å². The quantitative estimate of drug-likeness (QED) is 0.498. The third kappa shape index (κ3) is 4.60. The molecule has 1 amide bonds. The van der Waals surface area contributed by atoms with Gasteiger partial charge in [-0.25, -0.2) is 4.79 Å². The van der Waals surface area contributed by atoms with E-state index in [4.69, 9.17) is 5.11 Å². The van der Waals surface area contributed by atoms with E-state index < -0.39 is 12.6 Å². The molecule has 0 rings (SSSR count). The summed E-state index contributed by atoms with van der Waals surface area (Å²) in [6, 6.07) is 0. The summed E-state index contributed by atoms with van der Waals surface area (Å²) < 4.78 is 4.58. The molecule has 86 valence electrons. The van der Waals surface area contributed by atoms with Crippen molar-refractivity contribution in [2.24, 2.45) is 0 Å². The fourth-order valence-electron chi connectivity index (χ4n) is 1.01. The maximum atomic E-state index is 11.6. The minimum absolute atomic E-state index is 0.172. The molecule has 0 fully saturated rings. The van der Waals surface area contributed by atoms with Gasteiger partial charge < -0.3 is 14.7 Å². The van der Waals surface area contributed by atoms with E-state index in [0.717, 1.165) is 0 Å². The average molecular weight is 215 g/mol. The molecule has 15 heavy (non-hydrogen) atoms. The van der Waals surface area contributed by atoms with Gasteiger partial charge >= 0.3 is 5.97 Å². The van der Waals surface area contributed by atoms with Crippen molar-refractivity contribution in [3.8, 4) is 0 Å². The van der Waals surface area contributed by atoms with Gasteiger partial charge in [-0.2, -0.15) is 0 Å². The van der Waals surface area contributed by atoms with Crippen molar-refractivity contribution in [2.45, 2.75) is 13.8 Å². The van der Waals surface area contributed by atoms with Gasteiger partial charge in [0.1, 0.15) is 13.2 Å². The summed E-state index contributed by atoms with van der Waals surface area (Å²) in [5.41, 5.74) is 0.209. The second-order valence-corrected chi connectivity index (χ2v) is 2.90. The number of likely N-dealkylation sites (N-methyl/N-ethyl adjacent to an activating group) is 1. The van der Waals surface area contributed by atoms with Crippen LogP contribution in [-0.4, -0.2) is 48.2 Å². The monoisotopic (exact) mass is 215 g/mol. The number of carbonyl (C=O) groups is 2. The number of amides is 1. The van der Waals surface area contributed by atoms with Crippen molar-refractivity contribution in [3.05, 3.63) is 12.2 Å². The molecule has 0 unspecified atom stereocenters. The van der Waals surface area contributed by atoms with Crippen LogP contribution in [0, 0.1) is 0 Å². The van der Waals surface area contributed by atoms with Crippen LogP contribution < -0.4 is 0 Å². The summed E-state index contributed by atoms with van der Waals surface area (Å²) in [4.78, 5) is 23.8. The maximum Gasteiger partial charge on any atom is 0.332 e. The first-order valence-corrected chi connectivity index (χ1v) is 4.80. The lowest BCUT2D eigenvalue weighted by Crippen LogP contribution is -2.33. The maximum absolute atomic E-state index is 11.6. The zero-order valence-electron chi connectivity index (χ0n) is 9.15. The van der Waals surface area contributed by atoms with Crippen molar-refractivity contribution in [3.63, 3.8) is 0 Å². The Morgan fingerprint density at radius 3 is 2.27 bits per heavy atom. The number of carbonyl (C=O) groups excluding carboxylic acids is 2. The minimum atomic E-state index is -0.761. The predicted octanol–water partition coefficient (Wildman–Crippen LogP) is -0.0535. The van der Waals surface area contributed by atoms with Gasteiger partial charge in [0, 0.05) is 18.7 Å². The molecule has 1 N–H and O–H groups in total. The molecule has 5 heteroatoms. The summed E-state index contributed by atoms with van der Waals surface area (Å²) in [6.45, 7) is 7.55. The number of esters is 1. The number of hydrogen-bond donors (Lipinski definition) is 1. The van der Waals surface area contributed by atoms with Crippen LogP contribution in [0.5, 0.6) is 0 Å². The molecule has 0 heterocycles. The summed E-state index contributed by atoms with van der Waals surface area (Å²) in [5, 5.41) is 8.39. The van der Waals surface area contributed by atoms with Crippen molar-refractivity contribution < 1.29 is 19.4 Å². The zero-order chi connectivity index (χ0) is 11.8. The Bertz CT molecular complexity index is 246. The molecule has 0 saturated carbocycles. The normalized spacial score (nSPS) is 9.53. The van der Waals surface area contributed by atoms with Crippen molar-refractivity contribution in [1.29, 1.82) is 0 Å². The Kier molecular flexibility index (Phi) is 6.37. The lowest BCUT2D eigenvalue weighted by Gasteiger charge is -2.19. The van der Waals surface area contributed by atoms with E-state index in [1.807, 2.05) is 13.8 Å². The Labute approximate surface area is 89.3 Å². The van der Waals surface area contributed by atoms with Crippen molar-refractivity contribution in [1.82, 2.24) is 4.90 Å².